The Morgan fingerprint density at radius 1 is 1.19 bits per heavy atom. The van der Waals surface area contributed by atoms with Crippen molar-refractivity contribution in [1.82, 2.24) is 10.6 Å². The third kappa shape index (κ3) is 3.16. The standard InChI is InChI=1S/C16H21ClN2O2/c17-12-5-3-4-11-10(12)8-9-13(11)18-16(21)19-14-6-1-2-7-15(14)20/h3-5,13-15,20H,1-2,6-9H2,(H2,18,19,21). The molecule has 1 saturated carbocycles. The Bertz CT molecular complexity index is 535. The van der Waals surface area contributed by atoms with Gasteiger partial charge in [0, 0.05) is 5.02 Å². The molecule has 1 aromatic carbocycles. The molecule has 0 spiro atoms. The number of fused-ring (bicyclic) bond motifs is 1. The summed E-state index contributed by atoms with van der Waals surface area (Å²) in [6.07, 6.45) is 5.06. The van der Waals surface area contributed by atoms with E-state index in [1.54, 1.807) is 0 Å². The third-order valence-electron chi connectivity index (χ3n) is 4.56. The molecular formula is C16H21ClN2O2. The summed E-state index contributed by atoms with van der Waals surface area (Å²) in [6.45, 7) is 0. The van der Waals surface area contributed by atoms with E-state index in [1.807, 2.05) is 18.2 Å². The minimum absolute atomic E-state index is 0.0134. The van der Waals surface area contributed by atoms with Crippen LogP contribution < -0.4 is 10.6 Å². The highest BCUT2D eigenvalue weighted by Gasteiger charge is 2.28. The molecule has 114 valence electrons. The zero-order valence-corrected chi connectivity index (χ0v) is 12.7. The summed E-state index contributed by atoms with van der Waals surface area (Å²) in [7, 11) is 0. The van der Waals surface area contributed by atoms with Crippen LogP contribution in [0.5, 0.6) is 0 Å². The van der Waals surface area contributed by atoms with Crippen molar-refractivity contribution < 1.29 is 9.90 Å². The maximum absolute atomic E-state index is 12.1. The van der Waals surface area contributed by atoms with Crippen molar-refractivity contribution in [3.05, 3.63) is 34.3 Å². The van der Waals surface area contributed by atoms with Gasteiger partial charge in [0.2, 0.25) is 0 Å². The lowest BCUT2D eigenvalue weighted by atomic mass is 9.93. The molecule has 1 aromatic rings. The van der Waals surface area contributed by atoms with Gasteiger partial charge in [0.05, 0.1) is 18.2 Å². The number of rotatable bonds is 2. The molecule has 21 heavy (non-hydrogen) atoms. The van der Waals surface area contributed by atoms with Gasteiger partial charge in [-0.05, 0) is 42.9 Å². The average Bonchev–Trinajstić information content (AvgIpc) is 2.86. The molecule has 0 aliphatic heterocycles. The number of carbonyl (C=O) groups is 1. The molecule has 2 aliphatic carbocycles. The van der Waals surface area contributed by atoms with Crippen LogP contribution in [-0.2, 0) is 6.42 Å². The first-order chi connectivity index (χ1) is 10.1. The van der Waals surface area contributed by atoms with Gasteiger partial charge >= 0.3 is 6.03 Å². The van der Waals surface area contributed by atoms with Gasteiger partial charge in [-0.25, -0.2) is 4.79 Å². The van der Waals surface area contributed by atoms with Crippen molar-refractivity contribution in [2.75, 3.05) is 0 Å². The highest BCUT2D eigenvalue weighted by Crippen LogP contribution is 2.35. The van der Waals surface area contributed by atoms with Crippen LogP contribution in [0.3, 0.4) is 0 Å². The number of aliphatic hydroxyl groups is 1. The molecule has 0 radical (unpaired) electrons. The topological polar surface area (TPSA) is 61.4 Å². The zero-order chi connectivity index (χ0) is 14.8. The second-order valence-corrected chi connectivity index (χ2v) is 6.38. The molecule has 1 fully saturated rings. The van der Waals surface area contributed by atoms with Crippen LogP contribution in [0.1, 0.15) is 49.3 Å². The van der Waals surface area contributed by atoms with Crippen LogP contribution in [0, 0.1) is 0 Å². The number of urea groups is 1. The molecule has 2 amide bonds. The largest absolute Gasteiger partial charge is 0.391 e. The lowest BCUT2D eigenvalue weighted by molar-refractivity contribution is 0.0940. The molecule has 3 unspecified atom stereocenters. The maximum atomic E-state index is 12.1. The van der Waals surface area contributed by atoms with E-state index < -0.39 is 6.10 Å². The third-order valence-corrected chi connectivity index (χ3v) is 4.92. The van der Waals surface area contributed by atoms with Crippen molar-refractivity contribution in [1.29, 1.82) is 0 Å². The van der Waals surface area contributed by atoms with Crippen LogP contribution in [0.2, 0.25) is 5.02 Å². The fraction of sp³-hybridized carbons (Fsp3) is 0.562. The summed E-state index contributed by atoms with van der Waals surface area (Å²) >= 11 is 6.18. The van der Waals surface area contributed by atoms with Gasteiger partial charge in [0.1, 0.15) is 0 Å². The molecule has 0 saturated heterocycles. The molecule has 3 N–H and O–H groups in total. The molecule has 3 atom stereocenters. The van der Waals surface area contributed by atoms with Gasteiger partial charge in [0.25, 0.3) is 0 Å². The van der Waals surface area contributed by atoms with E-state index in [4.69, 9.17) is 11.6 Å². The number of halogens is 1. The van der Waals surface area contributed by atoms with Crippen molar-refractivity contribution in [3.63, 3.8) is 0 Å². The molecule has 5 heteroatoms. The highest BCUT2D eigenvalue weighted by atomic mass is 35.5. The Morgan fingerprint density at radius 3 is 2.81 bits per heavy atom. The second-order valence-electron chi connectivity index (χ2n) is 5.97. The van der Waals surface area contributed by atoms with Gasteiger partial charge in [0.15, 0.2) is 0 Å². The smallest absolute Gasteiger partial charge is 0.315 e. The van der Waals surface area contributed by atoms with E-state index in [9.17, 15) is 9.90 Å². The van der Waals surface area contributed by atoms with Gasteiger partial charge in [-0.15, -0.1) is 0 Å². The van der Waals surface area contributed by atoms with Crippen LogP contribution in [0.25, 0.3) is 0 Å². The van der Waals surface area contributed by atoms with Crippen LogP contribution in [0.4, 0.5) is 4.79 Å². The summed E-state index contributed by atoms with van der Waals surface area (Å²) in [6, 6.07) is 5.52. The minimum Gasteiger partial charge on any atom is -0.391 e. The fourth-order valence-corrected chi connectivity index (χ4v) is 3.68. The molecule has 4 nitrogen and oxygen atoms in total. The number of aliphatic hydroxyl groups excluding tert-OH is 1. The molecule has 2 aliphatic rings. The van der Waals surface area contributed by atoms with E-state index in [0.29, 0.717) is 0 Å². The Morgan fingerprint density at radius 2 is 2.00 bits per heavy atom. The zero-order valence-electron chi connectivity index (χ0n) is 11.9. The Hall–Kier alpha value is -1.26. The monoisotopic (exact) mass is 308 g/mol. The van der Waals surface area contributed by atoms with Gasteiger partial charge in [-0.1, -0.05) is 36.6 Å². The van der Waals surface area contributed by atoms with Crippen molar-refractivity contribution in [3.8, 4) is 0 Å². The average molecular weight is 309 g/mol. The summed E-state index contributed by atoms with van der Waals surface area (Å²) in [4.78, 5) is 12.1. The summed E-state index contributed by atoms with van der Waals surface area (Å²) in [5, 5.41) is 16.6. The predicted molar refractivity (Wildman–Crippen MR) is 82.4 cm³/mol. The van der Waals surface area contributed by atoms with Crippen LogP contribution in [0.15, 0.2) is 18.2 Å². The normalized spacial score (nSPS) is 28.0. The fourth-order valence-electron chi connectivity index (χ4n) is 3.41. The Labute approximate surface area is 129 Å². The van der Waals surface area contributed by atoms with E-state index >= 15 is 0 Å². The number of carbonyl (C=O) groups excluding carboxylic acids is 1. The highest BCUT2D eigenvalue weighted by molar-refractivity contribution is 6.31. The summed E-state index contributed by atoms with van der Waals surface area (Å²) in [5.74, 6) is 0. The van der Waals surface area contributed by atoms with Crippen LogP contribution in [-0.4, -0.2) is 23.3 Å². The molecule has 0 heterocycles. The summed E-state index contributed by atoms with van der Waals surface area (Å²) < 4.78 is 0. The van der Waals surface area contributed by atoms with Crippen LogP contribution >= 0.6 is 11.6 Å². The van der Waals surface area contributed by atoms with E-state index in [2.05, 4.69) is 10.6 Å². The van der Waals surface area contributed by atoms with Crippen molar-refractivity contribution in [2.24, 2.45) is 0 Å². The maximum Gasteiger partial charge on any atom is 0.315 e. The van der Waals surface area contributed by atoms with E-state index in [1.165, 1.54) is 0 Å². The lowest BCUT2D eigenvalue weighted by Gasteiger charge is -2.29. The number of hydrogen-bond donors (Lipinski definition) is 3. The predicted octanol–water partition coefficient (Wildman–Crippen LogP) is 2.93. The number of amides is 2. The summed E-state index contributed by atoms with van der Waals surface area (Å²) in [5.41, 5.74) is 2.25. The lowest BCUT2D eigenvalue weighted by Crippen LogP contribution is -2.49. The second kappa shape index (κ2) is 6.24. The number of hydrogen-bond acceptors (Lipinski definition) is 2. The number of nitrogens with one attached hydrogen (secondary N) is 2. The van der Waals surface area contributed by atoms with Gasteiger partial charge < -0.3 is 15.7 Å². The van der Waals surface area contributed by atoms with E-state index in [-0.39, 0.29) is 18.1 Å². The first-order valence-corrected chi connectivity index (χ1v) is 8.05. The van der Waals surface area contributed by atoms with Gasteiger partial charge in [-0.3, -0.25) is 0 Å². The molecule has 3 rings (SSSR count). The first kappa shape index (κ1) is 14.7. The quantitative estimate of drug-likeness (QED) is 0.786. The Balaban J connectivity index is 1.60. The number of benzene rings is 1. The Kier molecular flexibility index (Phi) is 4.36. The SMILES string of the molecule is O=C(NC1CCc2c(Cl)cccc21)NC1CCCCC1O. The molecule has 0 aromatic heterocycles. The minimum atomic E-state index is -0.421. The van der Waals surface area contributed by atoms with Crippen molar-refractivity contribution >= 4 is 17.6 Å². The molecule has 0 bridgehead atoms. The molecular weight excluding hydrogens is 288 g/mol. The van der Waals surface area contributed by atoms with Crippen molar-refractivity contribution in [2.45, 2.75) is 56.7 Å². The van der Waals surface area contributed by atoms with Gasteiger partial charge in [-0.2, -0.15) is 0 Å². The van der Waals surface area contributed by atoms with E-state index in [0.717, 1.165) is 54.7 Å². The first-order valence-electron chi connectivity index (χ1n) is 7.67.